The zero-order valence-corrected chi connectivity index (χ0v) is 16.6. The monoisotopic (exact) mass is 416 g/mol. The van der Waals surface area contributed by atoms with Crippen molar-refractivity contribution in [1.82, 2.24) is 0 Å². The molecule has 5 heteroatoms. The molecular formula is C21H21BrO4. The molecule has 0 amide bonds. The summed E-state index contributed by atoms with van der Waals surface area (Å²) >= 11 is 3.44. The maximum atomic E-state index is 13.1. The first-order valence-corrected chi connectivity index (χ1v) is 9.20. The molecule has 2 aliphatic rings. The second-order valence-corrected chi connectivity index (χ2v) is 7.93. The predicted molar refractivity (Wildman–Crippen MR) is 103 cm³/mol. The average molecular weight is 417 g/mol. The lowest BCUT2D eigenvalue weighted by Gasteiger charge is -2.47. The number of phenolic OH excluding ortho intramolecular Hbond substituents is 1. The standard InChI is InChI=1S/C21H21BrO4/c1-5-12-6-7-15-19(24)11(2)8-17(23)21(15,3)18(12)14-9-13(22)10-16(26-4)20(14)25/h5-6,8-10,15,18,25H,1,7H2,2-4H3/t15-,18+,21-/m0/s1. The van der Waals surface area contributed by atoms with Gasteiger partial charge in [-0.25, -0.2) is 0 Å². The minimum absolute atomic E-state index is 0.0158. The van der Waals surface area contributed by atoms with Crippen LogP contribution in [0.1, 0.15) is 31.7 Å². The normalized spacial score (nSPS) is 28.2. The Morgan fingerprint density at radius 2 is 2.08 bits per heavy atom. The number of benzene rings is 1. The topological polar surface area (TPSA) is 63.6 Å². The number of hydrogen-bond acceptors (Lipinski definition) is 4. The highest BCUT2D eigenvalue weighted by atomic mass is 79.9. The minimum Gasteiger partial charge on any atom is -0.504 e. The van der Waals surface area contributed by atoms with Gasteiger partial charge in [-0.3, -0.25) is 9.59 Å². The molecular weight excluding hydrogens is 396 g/mol. The van der Waals surface area contributed by atoms with E-state index < -0.39 is 17.3 Å². The molecule has 0 heterocycles. The number of Topliss-reactive ketones (excluding diaryl/α,β-unsaturated/α-hetero) is 1. The van der Waals surface area contributed by atoms with Crippen LogP contribution in [0.4, 0.5) is 0 Å². The number of halogens is 1. The summed E-state index contributed by atoms with van der Waals surface area (Å²) in [6.07, 6.45) is 5.56. The first kappa shape index (κ1) is 18.6. The highest BCUT2D eigenvalue weighted by molar-refractivity contribution is 9.10. The maximum absolute atomic E-state index is 13.1. The van der Waals surface area contributed by atoms with Gasteiger partial charge in [0.25, 0.3) is 0 Å². The largest absolute Gasteiger partial charge is 0.504 e. The molecule has 0 saturated heterocycles. The molecule has 0 radical (unpaired) electrons. The first-order chi connectivity index (χ1) is 12.2. The van der Waals surface area contributed by atoms with E-state index in [4.69, 9.17) is 4.74 Å². The number of ether oxygens (including phenoxy) is 1. The van der Waals surface area contributed by atoms with Crippen molar-refractivity contribution < 1.29 is 19.4 Å². The zero-order chi connectivity index (χ0) is 19.2. The summed E-state index contributed by atoms with van der Waals surface area (Å²) in [5.41, 5.74) is 0.873. The van der Waals surface area contributed by atoms with Crippen molar-refractivity contribution in [2.45, 2.75) is 26.2 Å². The van der Waals surface area contributed by atoms with Crippen LogP contribution in [-0.4, -0.2) is 23.8 Å². The van der Waals surface area contributed by atoms with Gasteiger partial charge in [-0.05, 0) is 42.7 Å². The van der Waals surface area contributed by atoms with E-state index in [1.807, 2.05) is 13.0 Å². The average Bonchev–Trinajstić information content (AvgIpc) is 2.61. The predicted octanol–water partition coefficient (Wildman–Crippen LogP) is 4.48. The molecule has 0 aromatic heterocycles. The van der Waals surface area contributed by atoms with E-state index in [1.165, 1.54) is 13.2 Å². The Morgan fingerprint density at radius 3 is 2.69 bits per heavy atom. The summed E-state index contributed by atoms with van der Waals surface area (Å²) in [6, 6.07) is 3.44. The van der Waals surface area contributed by atoms with E-state index >= 15 is 0 Å². The van der Waals surface area contributed by atoms with Crippen LogP contribution in [0.5, 0.6) is 11.5 Å². The summed E-state index contributed by atoms with van der Waals surface area (Å²) in [5, 5.41) is 10.8. The lowest BCUT2D eigenvalue weighted by Crippen LogP contribution is -2.49. The van der Waals surface area contributed by atoms with Gasteiger partial charge in [0.1, 0.15) is 0 Å². The van der Waals surface area contributed by atoms with Crippen LogP contribution in [0.2, 0.25) is 0 Å². The molecule has 4 nitrogen and oxygen atoms in total. The van der Waals surface area contributed by atoms with Crippen LogP contribution in [0.3, 0.4) is 0 Å². The molecule has 26 heavy (non-hydrogen) atoms. The van der Waals surface area contributed by atoms with Crippen molar-refractivity contribution in [2.24, 2.45) is 11.3 Å². The van der Waals surface area contributed by atoms with E-state index in [0.717, 1.165) is 10.0 Å². The third-order valence-corrected chi connectivity index (χ3v) is 6.12. The molecule has 0 saturated carbocycles. The Kier molecular flexibility index (Phi) is 4.69. The van der Waals surface area contributed by atoms with Crippen molar-refractivity contribution in [3.63, 3.8) is 0 Å². The molecule has 0 aliphatic heterocycles. The van der Waals surface area contributed by atoms with Crippen LogP contribution in [0.25, 0.3) is 0 Å². The summed E-state index contributed by atoms with van der Waals surface area (Å²) in [5.74, 6) is -0.788. The van der Waals surface area contributed by atoms with Gasteiger partial charge >= 0.3 is 0 Å². The number of methoxy groups -OCH3 is 1. The van der Waals surface area contributed by atoms with Gasteiger partial charge in [-0.1, -0.05) is 41.6 Å². The summed E-state index contributed by atoms with van der Waals surface area (Å²) in [4.78, 5) is 25.9. The molecule has 0 spiro atoms. The van der Waals surface area contributed by atoms with Gasteiger partial charge in [0.15, 0.2) is 23.1 Å². The molecule has 1 aromatic rings. The van der Waals surface area contributed by atoms with Gasteiger partial charge < -0.3 is 9.84 Å². The first-order valence-electron chi connectivity index (χ1n) is 8.41. The smallest absolute Gasteiger partial charge is 0.163 e. The fourth-order valence-electron chi connectivity index (χ4n) is 4.23. The van der Waals surface area contributed by atoms with E-state index in [9.17, 15) is 14.7 Å². The lowest BCUT2D eigenvalue weighted by atomic mass is 9.53. The fraction of sp³-hybridized carbons (Fsp3) is 0.333. The van der Waals surface area contributed by atoms with E-state index in [2.05, 4.69) is 22.5 Å². The van der Waals surface area contributed by atoms with Crippen LogP contribution in [-0.2, 0) is 9.59 Å². The Morgan fingerprint density at radius 1 is 1.38 bits per heavy atom. The number of aromatic hydroxyl groups is 1. The molecule has 3 atom stereocenters. The second-order valence-electron chi connectivity index (χ2n) is 7.01. The number of carbonyl (C=O) groups excluding carboxylic acids is 2. The van der Waals surface area contributed by atoms with E-state index in [-0.39, 0.29) is 17.3 Å². The molecule has 1 N–H and O–H groups in total. The van der Waals surface area contributed by atoms with Crippen molar-refractivity contribution in [3.05, 3.63) is 58.1 Å². The van der Waals surface area contributed by atoms with Crippen LogP contribution in [0, 0.1) is 11.3 Å². The highest BCUT2D eigenvalue weighted by Gasteiger charge is 2.55. The van der Waals surface area contributed by atoms with Gasteiger partial charge in [-0.2, -0.15) is 0 Å². The van der Waals surface area contributed by atoms with E-state index in [0.29, 0.717) is 23.3 Å². The number of phenols is 1. The van der Waals surface area contributed by atoms with Crippen molar-refractivity contribution in [3.8, 4) is 11.5 Å². The van der Waals surface area contributed by atoms with Crippen molar-refractivity contribution >= 4 is 27.5 Å². The number of carbonyl (C=O) groups is 2. The van der Waals surface area contributed by atoms with Gasteiger partial charge in [-0.15, -0.1) is 0 Å². The third-order valence-electron chi connectivity index (χ3n) is 5.67. The molecule has 1 aromatic carbocycles. The summed E-state index contributed by atoms with van der Waals surface area (Å²) < 4.78 is 5.99. The minimum atomic E-state index is -0.988. The van der Waals surface area contributed by atoms with Crippen molar-refractivity contribution in [1.29, 1.82) is 0 Å². The second kappa shape index (κ2) is 6.54. The fourth-order valence-corrected chi connectivity index (χ4v) is 4.68. The number of hydrogen-bond donors (Lipinski definition) is 1. The SMILES string of the molecule is C=CC1=CC[C@H]2C(=O)C(C)=CC(=O)[C@@]2(C)[C@H]1c1cc(Br)cc(OC)c1O. The number of rotatable bonds is 3. The maximum Gasteiger partial charge on any atom is 0.163 e. The quantitative estimate of drug-likeness (QED) is 0.788. The van der Waals surface area contributed by atoms with Crippen LogP contribution in [0.15, 0.2) is 52.6 Å². The Labute approximate surface area is 161 Å². The van der Waals surface area contributed by atoms with Gasteiger partial charge in [0.05, 0.1) is 12.5 Å². The number of allylic oxidation sites excluding steroid dienone is 5. The van der Waals surface area contributed by atoms with Crippen LogP contribution < -0.4 is 4.74 Å². The van der Waals surface area contributed by atoms with Gasteiger partial charge in [0, 0.05) is 21.9 Å². The highest BCUT2D eigenvalue weighted by Crippen LogP contribution is 2.57. The zero-order valence-electron chi connectivity index (χ0n) is 15.0. The summed E-state index contributed by atoms with van der Waals surface area (Å²) in [7, 11) is 1.47. The molecule has 0 unspecified atom stereocenters. The van der Waals surface area contributed by atoms with Crippen LogP contribution >= 0.6 is 15.9 Å². The Balaban J connectivity index is 2.30. The molecule has 136 valence electrons. The molecule has 0 bridgehead atoms. The molecule has 0 fully saturated rings. The summed E-state index contributed by atoms with van der Waals surface area (Å²) in [6.45, 7) is 7.37. The van der Waals surface area contributed by atoms with Gasteiger partial charge in [0.2, 0.25) is 0 Å². The Bertz CT molecular complexity index is 880. The third kappa shape index (κ3) is 2.57. The van der Waals surface area contributed by atoms with E-state index in [1.54, 1.807) is 25.1 Å². The lowest BCUT2D eigenvalue weighted by molar-refractivity contribution is -0.137. The van der Waals surface area contributed by atoms with Crippen molar-refractivity contribution in [2.75, 3.05) is 7.11 Å². The molecule has 3 rings (SSSR count). The molecule has 2 aliphatic carbocycles. The Hall–Kier alpha value is -2.14. The number of ketones is 2. The number of fused-ring (bicyclic) bond motifs is 1.